The number of hydrogen-bond donors (Lipinski definition) is 2. The second kappa shape index (κ2) is 4.39. The Morgan fingerprint density at radius 1 is 1.44 bits per heavy atom. The van der Waals surface area contributed by atoms with Gasteiger partial charge in [-0.3, -0.25) is 4.79 Å². The van der Waals surface area contributed by atoms with Crippen molar-refractivity contribution in [2.45, 2.75) is 26.2 Å². The number of carboxylic acid groups (broad SMARTS) is 1. The number of carbonyl (C=O) groups is 1. The molecule has 1 heterocycles. The second-order valence-electron chi connectivity index (χ2n) is 4.06. The van der Waals surface area contributed by atoms with Crippen molar-refractivity contribution < 1.29 is 9.90 Å². The van der Waals surface area contributed by atoms with Crippen molar-refractivity contribution in [2.24, 2.45) is 0 Å². The van der Waals surface area contributed by atoms with Crippen molar-refractivity contribution in [3.05, 3.63) is 35.5 Å². The monoisotopic (exact) mass is 217 g/mol. The van der Waals surface area contributed by atoms with Gasteiger partial charge in [-0.2, -0.15) is 0 Å². The molecule has 0 bridgehead atoms. The molecule has 0 fully saturated rings. The lowest BCUT2D eigenvalue weighted by Gasteiger charge is -2.00. The molecule has 0 saturated heterocycles. The van der Waals surface area contributed by atoms with Gasteiger partial charge >= 0.3 is 5.97 Å². The molecule has 0 aliphatic rings. The van der Waals surface area contributed by atoms with Crippen LogP contribution in [-0.2, 0) is 11.2 Å². The zero-order valence-electron chi connectivity index (χ0n) is 9.29. The van der Waals surface area contributed by atoms with Crippen LogP contribution in [0.3, 0.4) is 0 Å². The van der Waals surface area contributed by atoms with Crippen LogP contribution in [-0.4, -0.2) is 16.1 Å². The number of fused-ring (bicyclic) bond motifs is 1. The van der Waals surface area contributed by atoms with Crippen LogP contribution < -0.4 is 0 Å². The highest BCUT2D eigenvalue weighted by molar-refractivity contribution is 5.86. The second-order valence-corrected chi connectivity index (χ2v) is 4.06. The number of carboxylic acids is 1. The van der Waals surface area contributed by atoms with Crippen LogP contribution in [0.1, 0.15) is 24.0 Å². The Labute approximate surface area is 94.1 Å². The summed E-state index contributed by atoms with van der Waals surface area (Å²) in [6, 6.07) is 6.15. The molecule has 1 aromatic heterocycles. The topological polar surface area (TPSA) is 53.1 Å². The number of aliphatic carboxylic acids is 1. The number of rotatable bonds is 4. The Hall–Kier alpha value is -1.77. The number of H-pyrrole nitrogens is 1. The van der Waals surface area contributed by atoms with Gasteiger partial charge in [-0.15, -0.1) is 0 Å². The third-order valence-corrected chi connectivity index (χ3v) is 2.83. The maximum atomic E-state index is 10.5. The van der Waals surface area contributed by atoms with E-state index in [1.165, 1.54) is 16.5 Å². The molecular weight excluding hydrogens is 202 g/mol. The van der Waals surface area contributed by atoms with Gasteiger partial charge in [0, 0.05) is 23.5 Å². The molecule has 3 heteroatoms. The van der Waals surface area contributed by atoms with E-state index in [2.05, 4.69) is 18.0 Å². The summed E-state index contributed by atoms with van der Waals surface area (Å²) in [5, 5.41) is 9.85. The summed E-state index contributed by atoms with van der Waals surface area (Å²) < 4.78 is 0. The van der Waals surface area contributed by atoms with E-state index < -0.39 is 5.97 Å². The number of nitrogens with one attached hydrogen (secondary N) is 1. The molecule has 0 atom stereocenters. The van der Waals surface area contributed by atoms with Gasteiger partial charge in [0.15, 0.2) is 0 Å². The molecule has 3 nitrogen and oxygen atoms in total. The quantitative estimate of drug-likeness (QED) is 0.827. The van der Waals surface area contributed by atoms with Gasteiger partial charge in [0.1, 0.15) is 0 Å². The lowest BCUT2D eigenvalue weighted by Crippen LogP contribution is -1.95. The van der Waals surface area contributed by atoms with E-state index in [1.54, 1.807) is 0 Å². The van der Waals surface area contributed by atoms with E-state index in [1.807, 2.05) is 18.3 Å². The molecule has 2 N–H and O–H groups in total. The van der Waals surface area contributed by atoms with Crippen molar-refractivity contribution in [3.8, 4) is 0 Å². The normalized spacial score (nSPS) is 10.8. The zero-order valence-corrected chi connectivity index (χ0v) is 9.29. The highest BCUT2D eigenvalue weighted by Crippen LogP contribution is 2.23. The van der Waals surface area contributed by atoms with Gasteiger partial charge in [-0.05, 0) is 37.0 Å². The van der Waals surface area contributed by atoms with Gasteiger partial charge in [-0.1, -0.05) is 12.1 Å². The lowest BCUT2D eigenvalue weighted by molar-refractivity contribution is -0.137. The minimum Gasteiger partial charge on any atom is -0.481 e. The van der Waals surface area contributed by atoms with Crippen molar-refractivity contribution in [1.82, 2.24) is 4.98 Å². The molecule has 0 radical (unpaired) electrons. The fraction of sp³-hybridized carbons (Fsp3) is 0.308. The first kappa shape index (κ1) is 10.7. The van der Waals surface area contributed by atoms with Crippen LogP contribution in [0.4, 0.5) is 0 Å². The summed E-state index contributed by atoms with van der Waals surface area (Å²) in [7, 11) is 0. The van der Waals surface area contributed by atoms with Gasteiger partial charge < -0.3 is 10.1 Å². The maximum absolute atomic E-state index is 10.5. The van der Waals surface area contributed by atoms with Crippen molar-refractivity contribution >= 4 is 16.9 Å². The molecule has 0 spiro atoms. The first-order chi connectivity index (χ1) is 7.68. The summed E-state index contributed by atoms with van der Waals surface area (Å²) in [6.45, 7) is 2.08. The van der Waals surface area contributed by atoms with Crippen molar-refractivity contribution in [2.75, 3.05) is 0 Å². The highest BCUT2D eigenvalue weighted by Gasteiger charge is 2.06. The molecule has 2 aromatic rings. The van der Waals surface area contributed by atoms with E-state index in [0.29, 0.717) is 6.42 Å². The number of hydrogen-bond acceptors (Lipinski definition) is 1. The van der Waals surface area contributed by atoms with Crippen LogP contribution in [0.5, 0.6) is 0 Å². The highest BCUT2D eigenvalue weighted by atomic mass is 16.4. The Bertz CT molecular complexity index is 514. The fourth-order valence-corrected chi connectivity index (χ4v) is 2.08. The summed E-state index contributed by atoms with van der Waals surface area (Å²) >= 11 is 0. The molecule has 1 aromatic carbocycles. The summed E-state index contributed by atoms with van der Waals surface area (Å²) in [5.41, 5.74) is 3.59. The molecule has 0 aliphatic heterocycles. The fourth-order valence-electron chi connectivity index (χ4n) is 2.08. The lowest BCUT2D eigenvalue weighted by atomic mass is 10.0. The molecule has 2 rings (SSSR count). The van der Waals surface area contributed by atoms with E-state index >= 15 is 0 Å². The zero-order chi connectivity index (χ0) is 11.5. The predicted octanol–water partition coefficient (Wildman–Crippen LogP) is 2.88. The summed E-state index contributed by atoms with van der Waals surface area (Å²) in [4.78, 5) is 13.7. The van der Waals surface area contributed by atoms with Crippen LogP contribution in [0.2, 0.25) is 0 Å². The van der Waals surface area contributed by atoms with Gasteiger partial charge in [0.2, 0.25) is 0 Å². The number of benzene rings is 1. The smallest absolute Gasteiger partial charge is 0.303 e. The first-order valence-corrected chi connectivity index (χ1v) is 5.46. The molecule has 0 aliphatic carbocycles. The minimum atomic E-state index is -0.725. The maximum Gasteiger partial charge on any atom is 0.303 e. The summed E-state index contributed by atoms with van der Waals surface area (Å²) in [5.74, 6) is -0.725. The van der Waals surface area contributed by atoms with Gasteiger partial charge in [0.25, 0.3) is 0 Å². The van der Waals surface area contributed by atoms with E-state index in [-0.39, 0.29) is 6.42 Å². The average molecular weight is 217 g/mol. The van der Waals surface area contributed by atoms with Crippen LogP contribution in [0.15, 0.2) is 24.4 Å². The third-order valence-electron chi connectivity index (χ3n) is 2.83. The number of aromatic amines is 1. The minimum absolute atomic E-state index is 0.235. The number of aryl methyl sites for hydroxylation is 2. The first-order valence-electron chi connectivity index (χ1n) is 5.46. The number of aromatic nitrogens is 1. The Morgan fingerprint density at radius 3 is 3.00 bits per heavy atom. The molecule has 0 amide bonds. The standard InChI is InChI=1S/C13H15NO2/c1-9-4-2-6-11-13(9)10(8-14-11)5-3-7-12(15)16/h2,4,6,8,14H,3,5,7H2,1H3,(H,15,16). The summed E-state index contributed by atoms with van der Waals surface area (Å²) in [6.07, 6.45) is 3.73. The van der Waals surface area contributed by atoms with E-state index in [4.69, 9.17) is 5.11 Å². The average Bonchev–Trinajstić information content (AvgIpc) is 2.62. The Kier molecular flexibility index (Phi) is 2.95. The Balaban J connectivity index is 2.21. The third kappa shape index (κ3) is 2.08. The Morgan fingerprint density at radius 2 is 2.25 bits per heavy atom. The largest absolute Gasteiger partial charge is 0.481 e. The van der Waals surface area contributed by atoms with Crippen LogP contribution in [0, 0.1) is 6.92 Å². The SMILES string of the molecule is Cc1cccc2[nH]cc(CCCC(=O)O)c12. The van der Waals surface area contributed by atoms with Gasteiger partial charge in [0.05, 0.1) is 0 Å². The van der Waals surface area contributed by atoms with E-state index in [0.717, 1.165) is 11.9 Å². The van der Waals surface area contributed by atoms with Crippen LogP contribution in [0.25, 0.3) is 10.9 Å². The molecule has 84 valence electrons. The predicted molar refractivity (Wildman–Crippen MR) is 63.6 cm³/mol. The molecule has 0 unspecified atom stereocenters. The van der Waals surface area contributed by atoms with Crippen molar-refractivity contribution in [3.63, 3.8) is 0 Å². The molecule has 0 saturated carbocycles. The van der Waals surface area contributed by atoms with Crippen LogP contribution >= 0.6 is 0 Å². The molecule has 16 heavy (non-hydrogen) atoms. The van der Waals surface area contributed by atoms with Gasteiger partial charge in [-0.25, -0.2) is 0 Å². The van der Waals surface area contributed by atoms with E-state index in [9.17, 15) is 4.79 Å². The molecular formula is C13H15NO2. The van der Waals surface area contributed by atoms with Crippen molar-refractivity contribution in [1.29, 1.82) is 0 Å².